The summed E-state index contributed by atoms with van der Waals surface area (Å²) < 4.78 is 43.4. The molecule has 0 aliphatic carbocycles. The molecule has 77 heavy (non-hydrogen) atoms. The second-order valence-corrected chi connectivity index (χ2v) is 21.3. The van der Waals surface area contributed by atoms with Gasteiger partial charge in [-0.05, 0) is 92.9 Å². The van der Waals surface area contributed by atoms with Gasteiger partial charge in [0.05, 0.1) is 27.7 Å². The molecule has 3 heterocycles. The Morgan fingerprint density at radius 2 is 1.51 bits per heavy atom. The van der Waals surface area contributed by atoms with Crippen molar-refractivity contribution in [1.29, 1.82) is 0 Å². The summed E-state index contributed by atoms with van der Waals surface area (Å²) in [5.41, 5.74) is 10.2. The molecule has 2 saturated heterocycles. The van der Waals surface area contributed by atoms with Crippen LogP contribution in [0.25, 0.3) is 21.2 Å². The molecule has 0 bridgehead atoms. The summed E-state index contributed by atoms with van der Waals surface area (Å²) in [5, 5.41) is 17.4. The number of hydrogen-bond donors (Lipinski definition) is 4. The maximum Gasteiger partial charge on any atom is 0.416 e. The van der Waals surface area contributed by atoms with E-state index in [0.717, 1.165) is 79.6 Å². The van der Waals surface area contributed by atoms with Gasteiger partial charge in [0.15, 0.2) is 0 Å². The zero-order chi connectivity index (χ0) is 57.4. The van der Waals surface area contributed by atoms with E-state index in [1.54, 1.807) is 27.2 Å². The van der Waals surface area contributed by atoms with Gasteiger partial charge < -0.3 is 36.0 Å². The van der Waals surface area contributed by atoms with E-state index in [9.17, 15) is 32.7 Å². The van der Waals surface area contributed by atoms with Crippen LogP contribution >= 0.6 is 11.3 Å². The van der Waals surface area contributed by atoms with Gasteiger partial charge in [0.2, 0.25) is 24.6 Å². The predicted octanol–water partition coefficient (Wildman–Crippen LogP) is 13.4. The van der Waals surface area contributed by atoms with Crippen LogP contribution in [0.4, 0.5) is 13.2 Å². The molecular weight excluding hydrogens is 1000 g/mol. The van der Waals surface area contributed by atoms with Crippen LogP contribution in [0.1, 0.15) is 140 Å². The van der Waals surface area contributed by atoms with Crippen LogP contribution in [0.5, 0.6) is 11.5 Å². The van der Waals surface area contributed by atoms with E-state index in [1.807, 2.05) is 49.8 Å². The van der Waals surface area contributed by atoms with Crippen molar-refractivity contribution in [2.24, 2.45) is 17.1 Å². The normalized spacial score (nSPS) is 14.2. The summed E-state index contributed by atoms with van der Waals surface area (Å²) in [6.07, 6.45) is 9.96. The highest BCUT2D eigenvalue weighted by atomic mass is 32.1. The fourth-order valence-electron chi connectivity index (χ4n) is 8.27. The number of rotatable bonds is 19. The van der Waals surface area contributed by atoms with Gasteiger partial charge in [-0.1, -0.05) is 139 Å². The number of amides is 4. The standard InChI is InChI=1S/C18H13F3O.C17H32N2O2.C13H16N2S.C10H19NO2.C2H4.CH3NO/c1-12-5-10-16-13(11-12)3-2-4-17(16)22-15-8-6-14(7-9-15)18(19,20)21;1-2-3-4-5-6-7-8-9-10-11-17(21)18-12-16-13-19(14-16)15-20;1-9(14-3)11-4-6-12(7-5-11)13-10(2)15-8-16-13;1-10(2,3)6-9(13)11-5-4-8(12)7-11;1-2;2-1-3/h2-11H,1H3;15-16H,2-14H2,1H3,(H,18,21);4-9,14H,1-3H3;8,12H,4-7H2,1-3H3;1-2H2;1H,(H2,2,3)/t;;9-;;;/m..0.../s1. The molecule has 4 amide bonds. The van der Waals surface area contributed by atoms with Gasteiger partial charge in [0.1, 0.15) is 11.5 Å². The Labute approximate surface area is 461 Å². The van der Waals surface area contributed by atoms with Gasteiger partial charge in [0, 0.05) is 62.9 Å². The molecule has 5 N–H and O–H groups in total. The van der Waals surface area contributed by atoms with Crippen LogP contribution in [0.2, 0.25) is 0 Å². The molecule has 0 radical (unpaired) electrons. The molecule has 1 aromatic heterocycles. The minimum Gasteiger partial charge on any atom is -0.457 e. The number of β-amino-alcohol motifs (C(OH)–C–C–N with tert-alkyl or cyclic N) is 1. The zero-order valence-electron chi connectivity index (χ0n) is 46.9. The lowest BCUT2D eigenvalue weighted by molar-refractivity contribution is -0.137. The number of benzene rings is 4. The van der Waals surface area contributed by atoms with Crippen LogP contribution in [-0.4, -0.2) is 90.4 Å². The van der Waals surface area contributed by atoms with E-state index in [2.05, 4.69) is 100 Å². The highest BCUT2D eigenvalue weighted by Gasteiger charge is 2.30. The van der Waals surface area contributed by atoms with Crippen molar-refractivity contribution in [2.75, 3.05) is 39.8 Å². The number of thiazole rings is 1. The number of aliphatic hydroxyl groups excluding tert-OH is 1. The first-order chi connectivity index (χ1) is 36.7. The Morgan fingerprint density at radius 3 is 2.03 bits per heavy atom. The Balaban J connectivity index is 0.000000347. The molecule has 2 aliphatic heterocycles. The van der Waals surface area contributed by atoms with Gasteiger partial charge in [-0.25, -0.2) is 4.98 Å². The minimum absolute atomic E-state index is 0.0463. The highest BCUT2D eigenvalue weighted by Crippen LogP contribution is 2.34. The number of unbranched alkanes of at least 4 members (excludes halogenated alkanes) is 8. The van der Waals surface area contributed by atoms with Gasteiger partial charge >= 0.3 is 6.18 Å². The maximum atomic E-state index is 12.6. The van der Waals surface area contributed by atoms with Crippen molar-refractivity contribution < 1.29 is 42.2 Å². The number of carbonyl (C=O) groups excluding carboxylic acids is 4. The quantitative estimate of drug-likeness (QED) is 0.0360. The summed E-state index contributed by atoms with van der Waals surface area (Å²) in [5.74, 6) is 1.80. The number of ether oxygens (including phenoxy) is 1. The average molecular weight is 1090 g/mol. The summed E-state index contributed by atoms with van der Waals surface area (Å²) in [7, 11) is 1.98. The van der Waals surface area contributed by atoms with Gasteiger partial charge in [-0.3, -0.25) is 19.2 Å². The topological polar surface area (TPSA) is 167 Å². The SMILES string of the molecule is C=C.CC(C)(C)CC(=O)N1CCC(O)C1.CCCCCCCCCCCC(=O)NCC1CN(C=O)C1.CN[C@@H](C)c1ccc(-c2scnc2C)cc1.Cc1ccc2c(Oc3ccc(C(F)(F)F)cc3)cccc2c1.NC=O. The maximum absolute atomic E-state index is 12.6. The molecule has 2 atom stereocenters. The van der Waals surface area contributed by atoms with Crippen molar-refractivity contribution in [3.63, 3.8) is 0 Å². The minimum atomic E-state index is -4.34. The molecule has 1 unspecified atom stereocenters. The first kappa shape index (κ1) is 67.0. The molecule has 0 saturated carbocycles. The number of hydrogen-bond acceptors (Lipinski definition) is 9. The van der Waals surface area contributed by atoms with Crippen LogP contribution in [0.3, 0.4) is 0 Å². The van der Waals surface area contributed by atoms with Crippen molar-refractivity contribution >= 4 is 46.7 Å². The fourth-order valence-corrected chi connectivity index (χ4v) is 9.08. The fraction of sp³-hybridized carbons (Fsp3) is 0.492. The number of nitrogens with one attached hydrogen (secondary N) is 2. The lowest BCUT2D eigenvalue weighted by Crippen LogP contribution is -2.50. The third-order valence-electron chi connectivity index (χ3n) is 12.7. The first-order valence-corrected chi connectivity index (χ1v) is 27.7. The second kappa shape index (κ2) is 36.1. The third kappa shape index (κ3) is 26.2. The van der Waals surface area contributed by atoms with E-state index < -0.39 is 11.7 Å². The first-order valence-electron chi connectivity index (χ1n) is 26.8. The Bertz CT molecular complexity index is 2460. The van der Waals surface area contributed by atoms with E-state index in [4.69, 9.17) is 9.53 Å². The number of aliphatic hydroxyl groups is 1. The lowest BCUT2D eigenvalue weighted by Gasteiger charge is -2.36. The molecule has 4 aromatic carbocycles. The number of nitrogens with zero attached hydrogens (tertiary/aromatic N) is 3. The number of primary amides is 1. The van der Waals surface area contributed by atoms with Crippen LogP contribution < -0.4 is 21.1 Å². The summed E-state index contributed by atoms with van der Waals surface area (Å²) >= 11 is 1.70. The molecule has 7 rings (SSSR count). The number of carbonyl (C=O) groups is 4. The molecule has 2 fully saturated rings. The van der Waals surface area contributed by atoms with Crippen molar-refractivity contribution in [3.8, 4) is 21.9 Å². The number of halogens is 3. The molecule has 424 valence electrons. The number of fused-ring (bicyclic) bond motifs is 1. The van der Waals surface area contributed by atoms with Crippen molar-refractivity contribution in [1.82, 2.24) is 25.4 Å². The Kier molecular flexibility index (Phi) is 31.4. The number of alkyl halides is 3. The number of nitrogens with two attached hydrogens (primary N) is 1. The summed E-state index contributed by atoms with van der Waals surface area (Å²) in [4.78, 5) is 51.3. The molecular formula is C61H87F3N6O6S. The van der Waals surface area contributed by atoms with E-state index >= 15 is 0 Å². The molecule has 16 heteroatoms. The average Bonchev–Trinajstić information content (AvgIpc) is 4.04. The van der Waals surface area contributed by atoms with E-state index in [0.29, 0.717) is 42.8 Å². The smallest absolute Gasteiger partial charge is 0.416 e. The summed E-state index contributed by atoms with van der Waals surface area (Å²) in [6.45, 7) is 24.2. The zero-order valence-corrected chi connectivity index (χ0v) is 47.7. The molecule has 2 aliphatic rings. The number of likely N-dealkylation sites (tertiary alicyclic amines) is 2. The van der Waals surface area contributed by atoms with Crippen molar-refractivity contribution in [3.05, 3.63) is 126 Å². The van der Waals surface area contributed by atoms with Gasteiger partial charge in [-0.15, -0.1) is 24.5 Å². The lowest BCUT2D eigenvalue weighted by atomic mass is 9.92. The largest absolute Gasteiger partial charge is 0.457 e. The number of aromatic nitrogens is 1. The molecule has 0 spiro atoms. The summed E-state index contributed by atoms with van der Waals surface area (Å²) in [6, 6.07) is 25.4. The van der Waals surface area contributed by atoms with Gasteiger partial charge in [-0.2, -0.15) is 13.2 Å². The second-order valence-electron chi connectivity index (χ2n) is 20.5. The monoisotopic (exact) mass is 1090 g/mol. The van der Waals surface area contributed by atoms with Crippen LogP contribution in [0, 0.1) is 25.2 Å². The van der Waals surface area contributed by atoms with E-state index in [-0.39, 0.29) is 29.7 Å². The number of aryl methyl sites for hydroxylation is 2. The highest BCUT2D eigenvalue weighted by molar-refractivity contribution is 7.13. The molecule has 5 aromatic rings. The Hall–Kier alpha value is -6.10. The van der Waals surface area contributed by atoms with Crippen LogP contribution in [0.15, 0.2) is 104 Å². The third-order valence-corrected chi connectivity index (χ3v) is 13.7. The van der Waals surface area contributed by atoms with Crippen molar-refractivity contribution in [2.45, 2.75) is 144 Å². The van der Waals surface area contributed by atoms with E-state index in [1.165, 1.54) is 79.5 Å². The van der Waals surface area contributed by atoms with Crippen LogP contribution in [-0.2, 0) is 25.4 Å². The Morgan fingerprint density at radius 1 is 0.896 bits per heavy atom. The predicted molar refractivity (Wildman–Crippen MR) is 309 cm³/mol. The molecule has 12 nitrogen and oxygen atoms in total. The van der Waals surface area contributed by atoms with Gasteiger partial charge in [0.25, 0.3) is 0 Å².